The lowest BCUT2D eigenvalue weighted by molar-refractivity contribution is 0.415. The van der Waals surface area contributed by atoms with Gasteiger partial charge in [0.25, 0.3) is 10.2 Å². The number of nitriles is 2. The van der Waals surface area contributed by atoms with Gasteiger partial charge in [-0.1, -0.05) is 64.7 Å². The SMILES string of the molecule is CCCCCCCCCCCCNS(=O)(=O)N(CCC#N)CCC#N. The Bertz CT molecular complexity index is 476. The number of hydrogen-bond acceptors (Lipinski definition) is 4. The molecule has 0 unspecified atom stereocenters. The molecular weight excluding hydrogens is 336 g/mol. The molecule has 0 atom stereocenters. The first-order valence-corrected chi connectivity index (χ1v) is 11.0. The van der Waals surface area contributed by atoms with Gasteiger partial charge in [0.2, 0.25) is 0 Å². The quantitative estimate of drug-likeness (QED) is 0.393. The van der Waals surface area contributed by atoms with Crippen molar-refractivity contribution in [3.05, 3.63) is 0 Å². The van der Waals surface area contributed by atoms with Crippen molar-refractivity contribution >= 4 is 10.2 Å². The van der Waals surface area contributed by atoms with Gasteiger partial charge in [-0.05, 0) is 6.42 Å². The van der Waals surface area contributed by atoms with Crippen molar-refractivity contribution < 1.29 is 8.42 Å². The van der Waals surface area contributed by atoms with Gasteiger partial charge in [0.05, 0.1) is 12.1 Å². The molecule has 0 aromatic heterocycles. The summed E-state index contributed by atoms with van der Waals surface area (Å²) in [7, 11) is -3.60. The fourth-order valence-electron chi connectivity index (χ4n) is 2.61. The highest BCUT2D eigenvalue weighted by atomic mass is 32.2. The summed E-state index contributed by atoms with van der Waals surface area (Å²) in [5, 5.41) is 17.3. The molecule has 0 saturated heterocycles. The monoisotopic (exact) mass is 370 g/mol. The van der Waals surface area contributed by atoms with E-state index in [4.69, 9.17) is 10.5 Å². The van der Waals surface area contributed by atoms with Gasteiger partial charge in [0.1, 0.15) is 0 Å². The van der Waals surface area contributed by atoms with Crippen molar-refractivity contribution in [3.63, 3.8) is 0 Å². The van der Waals surface area contributed by atoms with Crippen molar-refractivity contribution in [3.8, 4) is 12.1 Å². The zero-order chi connectivity index (χ0) is 18.8. The van der Waals surface area contributed by atoms with Gasteiger partial charge in [0, 0.05) is 32.5 Å². The van der Waals surface area contributed by atoms with Crippen LogP contribution in [0.2, 0.25) is 0 Å². The van der Waals surface area contributed by atoms with E-state index < -0.39 is 10.2 Å². The van der Waals surface area contributed by atoms with E-state index in [1.54, 1.807) is 0 Å². The van der Waals surface area contributed by atoms with Crippen molar-refractivity contribution in [1.29, 1.82) is 10.5 Å². The van der Waals surface area contributed by atoms with Crippen LogP contribution in [0.1, 0.15) is 84.0 Å². The first-order valence-electron chi connectivity index (χ1n) is 9.57. The molecule has 0 bridgehead atoms. The van der Waals surface area contributed by atoms with Crippen molar-refractivity contribution in [2.24, 2.45) is 0 Å². The number of nitrogens with one attached hydrogen (secondary N) is 1. The highest BCUT2D eigenvalue weighted by molar-refractivity contribution is 7.87. The Morgan fingerprint density at radius 3 is 1.68 bits per heavy atom. The van der Waals surface area contributed by atoms with Gasteiger partial charge < -0.3 is 0 Å². The molecular formula is C18H34N4O2S. The smallest absolute Gasteiger partial charge is 0.202 e. The van der Waals surface area contributed by atoms with Gasteiger partial charge in [-0.3, -0.25) is 0 Å². The maximum absolute atomic E-state index is 12.2. The number of nitrogens with zero attached hydrogens (tertiary/aromatic N) is 3. The van der Waals surface area contributed by atoms with Crippen LogP contribution in [0.25, 0.3) is 0 Å². The average Bonchev–Trinajstić information content (AvgIpc) is 2.59. The summed E-state index contributed by atoms with van der Waals surface area (Å²) in [4.78, 5) is 0. The van der Waals surface area contributed by atoms with Crippen molar-refractivity contribution in [1.82, 2.24) is 9.03 Å². The van der Waals surface area contributed by atoms with Gasteiger partial charge >= 0.3 is 0 Å². The van der Waals surface area contributed by atoms with Crippen LogP contribution in [0.5, 0.6) is 0 Å². The molecule has 0 amide bonds. The summed E-state index contributed by atoms with van der Waals surface area (Å²) in [5.41, 5.74) is 0. The van der Waals surface area contributed by atoms with Crippen LogP contribution < -0.4 is 4.72 Å². The highest BCUT2D eigenvalue weighted by Crippen LogP contribution is 2.10. The molecule has 0 aliphatic heterocycles. The van der Waals surface area contributed by atoms with E-state index >= 15 is 0 Å². The van der Waals surface area contributed by atoms with E-state index in [2.05, 4.69) is 11.6 Å². The second-order valence-electron chi connectivity index (χ2n) is 6.30. The van der Waals surface area contributed by atoms with E-state index in [1.807, 2.05) is 12.1 Å². The van der Waals surface area contributed by atoms with Gasteiger partial charge in [0.15, 0.2) is 0 Å². The molecule has 25 heavy (non-hydrogen) atoms. The van der Waals surface area contributed by atoms with E-state index in [-0.39, 0.29) is 25.9 Å². The summed E-state index contributed by atoms with van der Waals surface area (Å²) in [6, 6.07) is 3.88. The maximum Gasteiger partial charge on any atom is 0.279 e. The topological polar surface area (TPSA) is 97.0 Å². The Morgan fingerprint density at radius 2 is 1.24 bits per heavy atom. The Balaban J connectivity index is 3.82. The van der Waals surface area contributed by atoms with Gasteiger partial charge in [-0.25, -0.2) is 4.72 Å². The molecule has 0 aromatic carbocycles. The summed E-state index contributed by atoms with van der Waals surface area (Å²) < 4.78 is 28.2. The molecule has 0 aliphatic carbocycles. The lowest BCUT2D eigenvalue weighted by Gasteiger charge is -2.20. The maximum atomic E-state index is 12.2. The second-order valence-corrected chi connectivity index (χ2v) is 8.05. The fraction of sp³-hybridized carbons (Fsp3) is 0.889. The Morgan fingerprint density at radius 1 is 0.800 bits per heavy atom. The predicted octanol–water partition coefficient (Wildman–Crippen LogP) is 3.87. The molecule has 0 aromatic rings. The molecule has 1 N–H and O–H groups in total. The van der Waals surface area contributed by atoms with Crippen molar-refractivity contribution in [2.75, 3.05) is 19.6 Å². The largest absolute Gasteiger partial charge is 0.279 e. The molecule has 0 heterocycles. The zero-order valence-electron chi connectivity index (χ0n) is 15.7. The van der Waals surface area contributed by atoms with Crippen LogP contribution in [-0.2, 0) is 10.2 Å². The van der Waals surface area contributed by atoms with E-state index in [1.165, 1.54) is 49.3 Å². The third-order valence-corrected chi connectivity index (χ3v) is 5.71. The Hall–Kier alpha value is -1.15. The third-order valence-electron chi connectivity index (χ3n) is 4.10. The summed E-state index contributed by atoms with van der Waals surface area (Å²) in [6.07, 6.45) is 12.3. The number of unbranched alkanes of at least 4 members (excludes halogenated alkanes) is 9. The molecule has 0 saturated carbocycles. The van der Waals surface area contributed by atoms with Crippen LogP contribution in [0.4, 0.5) is 0 Å². The van der Waals surface area contributed by atoms with Crippen molar-refractivity contribution in [2.45, 2.75) is 84.0 Å². The normalized spacial score (nSPS) is 11.4. The number of rotatable bonds is 17. The molecule has 6 nitrogen and oxygen atoms in total. The minimum atomic E-state index is -3.60. The van der Waals surface area contributed by atoms with E-state index in [0.29, 0.717) is 6.54 Å². The molecule has 0 spiro atoms. The second kappa shape index (κ2) is 16.3. The Labute approximate surface area is 154 Å². The van der Waals surface area contributed by atoms with Gasteiger partial charge in [-0.15, -0.1) is 0 Å². The molecule has 0 rings (SSSR count). The average molecular weight is 371 g/mol. The minimum Gasteiger partial charge on any atom is -0.202 e. The number of hydrogen-bond donors (Lipinski definition) is 1. The highest BCUT2D eigenvalue weighted by Gasteiger charge is 2.20. The lowest BCUT2D eigenvalue weighted by atomic mass is 10.1. The standard InChI is InChI=1S/C18H34N4O2S/c1-2-3-4-5-6-7-8-9-10-11-16-21-25(23,24)22(17-12-14-19)18-13-15-20/h21H,2-13,16-18H2,1H3. The first kappa shape index (κ1) is 23.9. The minimum absolute atomic E-state index is 0.130. The van der Waals surface area contributed by atoms with Crippen LogP contribution in [0, 0.1) is 22.7 Å². The zero-order valence-corrected chi connectivity index (χ0v) is 16.5. The molecule has 144 valence electrons. The van der Waals surface area contributed by atoms with Crippen LogP contribution in [-0.4, -0.2) is 32.4 Å². The molecule has 0 radical (unpaired) electrons. The summed E-state index contributed by atoms with van der Waals surface area (Å²) in [6.45, 7) is 2.89. The summed E-state index contributed by atoms with van der Waals surface area (Å²) in [5.74, 6) is 0. The fourth-order valence-corrected chi connectivity index (χ4v) is 3.85. The predicted molar refractivity (Wildman–Crippen MR) is 101 cm³/mol. The molecule has 7 heteroatoms. The van der Waals surface area contributed by atoms with Gasteiger partial charge in [-0.2, -0.15) is 23.2 Å². The van der Waals surface area contributed by atoms with E-state index in [0.717, 1.165) is 19.3 Å². The first-order chi connectivity index (χ1) is 12.1. The third kappa shape index (κ3) is 13.8. The molecule has 0 fully saturated rings. The summed E-state index contributed by atoms with van der Waals surface area (Å²) >= 11 is 0. The van der Waals surface area contributed by atoms with Crippen LogP contribution >= 0.6 is 0 Å². The molecule has 0 aliphatic rings. The van der Waals surface area contributed by atoms with Crippen LogP contribution in [0.3, 0.4) is 0 Å². The van der Waals surface area contributed by atoms with Crippen LogP contribution in [0.15, 0.2) is 0 Å². The lowest BCUT2D eigenvalue weighted by Crippen LogP contribution is -2.42. The Kier molecular flexibility index (Phi) is 15.6. The van der Waals surface area contributed by atoms with E-state index in [9.17, 15) is 8.42 Å².